The normalized spacial score (nSPS) is 22.6. The number of benzene rings is 1. The zero-order valence-corrected chi connectivity index (χ0v) is 12.6. The first-order valence-corrected chi connectivity index (χ1v) is 7.70. The molecule has 0 bridgehead atoms. The molecule has 0 saturated heterocycles. The van der Waals surface area contributed by atoms with Gasteiger partial charge in [0.2, 0.25) is 5.91 Å². The lowest BCUT2D eigenvalue weighted by molar-refractivity contribution is -0.137. The van der Waals surface area contributed by atoms with Gasteiger partial charge in [-0.05, 0) is 38.7 Å². The van der Waals surface area contributed by atoms with E-state index in [0.717, 1.165) is 32.2 Å². The Hall–Kier alpha value is -1.35. The van der Waals surface area contributed by atoms with E-state index in [4.69, 9.17) is 5.73 Å². The molecule has 1 aromatic rings. The third-order valence-corrected chi connectivity index (χ3v) is 4.21. The molecule has 3 nitrogen and oxygen atoms in total. The van der Waals surface area contributed by atoms with Gasteiger partial charge in [0.15, 0.2) is 0 Å². The van der Waals surface area contributed by atoms with Gasteiger partial charge >= 0.3 is 0 Å². The summed E-state index contributed by atoms with van der Waals surface area (Å²) in [7, 11) is 0. The highest BCUT2D eigenvalue weighted by Gasteiger charge is 2.28. The van der Waals surface area contributed by atoms with Gasteiger partial charge in [0.25, 0.3) is 0 Å². The second-order valence-electron chi connectivity index (χ2n) is 5.97. The molecule has 1 saturated carbocycles. The van der Waals surface area contributed by atoms with Crippen LogP contribution < -0.4 is 5.73 Å². The van der Waals surface area contributed by atoms with Crippen LogP contribution in [0.4, 0.5) is 0 Å². The zero-order chi connectivity index (χ0) is 14.5. The van der Waals surface area contributed by atoms with Gasteiger partial charge in [-0.3, -0.25) is 4.79 Å². The first kappa shape index (κ1) is 15.0. The fourth-order valence-corrected chi connectivity index (χ4v) is 3.09. The number of hydrogen-bond donors (Lipinski definition) is 1. The maximum Gasteiger partial charge on any atom is 0.226 e. The van der Waals surface area contributed by atoms with E-state index in [1.165, 1.54) is 11.1 Å². The minimum Gasteiger partial charge on any atom is -0.338 e. The Morgan fingerprint density at radius 2 is 2.20 bits per heavy atom. The van der Waals surface area contributed by atoms with Crippen LogP contribution in [0.15, 0.2) is 24.3 Å². The summed E-state index contributed by atoms with van der Waals surface area (Å²) in [6, 6.07) is 8.59. The first-order valence-electron chi connectivity index (χ1n) is 7.70. The van der Waals surface area contributed by atoms with E-state index in [9.17, 15) is 4.79 Å². The maximum atomic E-state index is 12.6. The summed E-state index contributed by atoms with van der Waals surface area (Å²) >= 11 is 0. The number of carbonyl (C=O) groups excluding carboxylic acids is 1. The van der Waals surface area contributed by atoms with Crippen molar-refractivity contribution in [2.75, 3.05) is 6.54 Å². The van der Waals surface area contributed by atoms with Gasteiger partial charge in [0.1, 0.15) is 0 Å². The Morgan fingerprint density at radius 3 is 2.85 bits per heavy atom. The molecule has 2 atom stereocenters. The average molecular weight is 274 g/mol. The van der Waals surface area contributed by atoms with Gasteiger partial charge in [-0.2, -0.15) is 0 Å². The summed E-state index contributed by atoms with van der Waals surface area (Å²) in [6.45, 7) is 5.61. The van der Waals surface area contributed by atoms with E-state index < -0.39 is 0 Å². The standard InChI is InChI=1S/C17H26N2O/c1-3-19(12-14-7-4-6-13(2)10-14)17(20)15-8-5-9-16(18)11-15/h4,6-7,10,15-16H,3,5,8-9,11-12,18H2,1-2H3. The molecule has 110 valence electrons. The van der Waals surface area contributed by atoms with Crippen molar-refractivity contribution in [1.29, 1.82) is 0 Å². The first-order chi connectivity index (χ1) is 9.60. The largest absolute Gasteiger partial charge is 0.338 e. The van der Waals surface area contributed by atoms with Crippen LogP contribution in [0.1, 0.15) is 43.7 Å². The number of nitrogens with zero attached hydrogens (tertiary/aromatic N) is 1. The number of hydrogen-bond acceptors (Lipinski definition) is 2. The minimum atomic E-state index is 0.128. The molecule has 3 heteroatoms. The Labute approximate surface area is 122 Å². The lowest BCUT2D eigenvalue weighted by Gasteiger charge is -2.31. The third kappa shape index (κ3) is 3.83. The summed E-state index contributed by atoms with van der Waals surface area (Å²) in [5.41, 5.74) is 8.46. The van der Waals surface area contributed by atoms with E-state index in [1.54, 1.807) is 0 Å². The van der Waals surface area contributed by atoms with E-state index in [1.807, 2.05) is 4.90 Å². The van der Waals surface area contributed by atoms with Gasteiger partial charge in [0, 0.05) is 25.0 Å². The second kappa shape index (κ2) is 6.89. The molecule has 2 N–H and O–H groups in total. The van der Waals surface area contributed by atoms with Gasteiger partial charge < -0.3 is 10.6 Å². The Balaban J connectivity index is 2.02. The summed E-state index contributed by atoms with van der Waals surface area (Å²) in [5, 5.41) is 0. The van der Waals surface area contributed by atoms with Crippen molar-refractivity contribution in [3.8, 4) is 0 Å². The molecule has 0 spiro atoms. The van der Waals surface area contributed by atoms with Crippen LogP contribution in [0, 0.1) is 12.8 Å². The predicted molar refractivity (Wildman–Crippen MR) is 82.2 cm³/mol. The molecule has 0 aromatic heterocycles. The van der Waals surface area contributed by atoms with Crippen LogP contribution >= 0.6 is 0 Å². The molecule has 2 unspecified atom stereocenters. The van der Waals surface area contributed by atoms with Gasteiger partial charge in [0.05, 0.1) is 0 Å². The minimum absolute atomic E-state index is 0.128. The monoisotopic (exact) mass is 274 g/mol. The van der Waals surface area contributed by atoms with Crippen molar-refractivity contribution in [3.05, 3.63) is 35.4 Å². The predicted octanol–water partition coefficient (Wildman–Crippen LogP) is 2.86. The molecule has 1 fully saturated rings. The quantitative estimate of drug-likeness (QED) is 0.917. The molecular weight excluding hydrogens is 248 g/mol. The van der Waals surface area contributed by atoms with Crippen LogP contribution in [-0.4, -0.2) is 23.4 Å². The summed E-state index contributed by atoms with van der Waals surface area (Å²) in [5.74, 6) is 0.410. The summed E-state index contributed by atoms with van der Waals surface area (Å²) < 4.78 is 0. The summed E-state index contributed by atoms with van der Waals surface area (Å²) in [6.07, 6.45) is 3.99. The van der Waals surface area contributed by atoms with Crippen molar-refractivity contribution in [3.63, 3.8) is 0 Å². The molecule has 1 aliphatic carbocycles. The SMILES string of the molecule is CCN(Cc1cccc(C)c1)C(=O)C1CCCC(N)C1. The van der Waals surface area contributed by atoms with Gasteiger partial charge in [-0.15, -0.1) is 0 Å². The average Bonchev–Trinajstić information content (AvgIpc) is 2.44. The third-order valence-electron chi connectivity index (χ3n) is 4.21. The van der Waals surface area contributed by atoms with E-state index >= 15 is 0 Å². The second-order valence-corrected chi connectivity index (χ2v) is 5.97. The van der Waals surface area contributed by atoms with Gasteiger partial charge in [-0.1, -0.05) is 36.2 Å². The van der Waals surface area contributed by atoms with Crippen molar-refractivity contribution in [2.24, 2.45) is 11.7 Å². The Bertz CT molecular complexity index is 458. The van der Waals surface area contributed by atoms with Crippen LogP contribution in [0.2, 0.25) is 0 Å². The lowest BCUT2D eigenvalue weighted by Crippen LogP contribution is -2.40. The maximum absolute atomic E-state index is 12.6. The topological polar surface area (TPSA) is 46.3 Å². The molecule has 2 rings (SSSR count). The highest BCUT2D eigenvalue weighted by molar-refractivity contribution is 5.79. The van der Waals surface area contributed by atoms with Crippen LogP contribution in [0.5, 0.6) is 0 Å². The highest BCUT2D eigenvalue weighted by atomic mass is 16.2. The van der Waals surface area contributed by atoms with Crippen molar-refractivity contribution < 1.29 is 4.79 Å². The molecule has 0 heterocycles. The number of nitrogens with two attached hydrogens (primary N) is 1. The van der Waals surface area contributed by atoms with Crippen LogP contribution in [0.3, 0.4) is 0 Å². The smallest absolute Gasteiger partial charge is 0.226 e. The van der Waals surface area contributed by atoms with Crippen LogP contribution in [0.25, 0.3) is 0 Å². The van der Waals surface area contributed by atoms with E-state index in [0.29, 0.717) is 6.54 Å². The number of rotatable bonds is 4. The number of carbonyl (C=O) groups is 1. The Morgan fingerprint density at radius 1 is 1.40 bits per heavy atom. The lowest BCUT2D eigenvalue weighted by atomic mass is 9.85. The molecule has 1 aromatic carbocycles. The van der Waals surface area contributed by atoms with Crippen molar-refractivity contribution in [2.45, 2.75) is 52.1 Å². The Kier molecular flexibility index (Phi) is 5.18. The van der Waals surface area contributed by atoms with Crippen LogP contribution in [-0.2, 0) is 11.3 Å². The number of aryl methyl sites for hydroxylation is 1. The van der Waals surface area contributed by atoms with Gasteiger partial charge in [-0.25, -0.2) is 0 Å². The number of amides is 1. The van der Waals surface area contributed by atoms with Crippen molar-refractivity contribution in [1.82, 2.24) is 4.90 Å². The molecule has 0 aliphatic heterocycles. The fourth-order valence-electron chi connectivity index (χ4n) is 3.09. The molecule has 1 aliphatic rings. The van der Waals surface area contributed by atoms with Crippen molar-refractivity contribution >= 4 is 5.91 Å². The summed E-state index contributed by atoms with van der Waals surface area (Å²) in [4.78, 5) is 14.6. The molecular formula is C17H26N2O. The molecule has 0 radical (unpaired) electrons. The molecule has 20 heavy (non-hydrogen) atoms. The van der Waals surface area contributed by atoms with E-state index in [-0.39, 0.29) is 17.9 Å². The highest BCUT2D eigenvalue weighted by Crippen LogP contribution is 2.25. The molecule has 1 amide bonds. The fraction of sp³-hybridized carbons (Fsp3) is 0.588. The zero-order valence-electron chi connectivity index (χ0n) is 12.6. The van der Waals surface area contributed by atoms with E-state index in [2.05, 4.69) is 38.1 Å².